The molecule has 0 saturated carbocycles. The summed E-state index contributed by atoms with van der Waals surface area (Å²) in [6, 6.07) is 5.34. The number of hydrogen-bond acceptors (Lipinski definition) is 7. The highest BCUT2D eigenvalue weighted by atomic mass is 32.2. The number of anilines is 1. The van der Waals surface area contributed by atoms with Crippen molar-refractivity contribution in [2.45, 2.75) is 19.8 Å². The van der Waals surface area contributed by atoms with Gasteiger partial charge in [-0.3, -0.25) is 23.7 Å². The second kappa shape index (κ2) is 8.19. The molecule has 1 N–H and O–H groups in total. The molecular formula is C20H20N4O4S2. The predicted molar refractivity (Wildman–Crippen MR) is 120 cm³/mol. The Morgan fingerprint density at radius 2 is 2.07 bits per heavy atom. The first kappa shape index (κ1) is 20.5. The average molecular weight is 445 g/mol. The van der Waals surface area contributed by atoms with Crippen LogP contribution in [-0.4, -0.2) is 55.2 Å². The van der Waals surface area contributed by atoms with E-state index in [1.54, 1.807) is 18.3 Å². The molecule has 2 aliphatic rings. The number of thiocarbonyl (C=S) groups is 1. The molecule has 10 heteroatoms. The lowest BCUT2D eigenvalue weighted by atomic mass is 9.99. The minimum atomic E-state index is -1.15. The van der Waals surface area contributed by atoms with Gasteiger partial charge in [0.2, 0.25) is 0 Å². The normalized spacial score (nSPS) is 19.3. The Labute approximate surface area is 182 Å². The Bertz CT molecular complexity index is 1140. The maximum absolute atomic E-state index is 13.3. The molecule has 2 fully saturated rings. The summed E-state index contributed by atoms with van der Waals surface area (Å²) in [4.78, 5) is 45.1. The van der Waals surface area contributed by atoms with E-state index in [-0.39, 0.29) is 14.8 Å². The van der Waals surface area contributed by atoms with Crippen molar-refractivity contribution >= 4 is 57.7 Å². The first-order valence-electron chi connectivity index (χ1n) is 9.58. The largest absolute Gasteiger partial charge is 0.480 e. The highest BCUT2D eigenvalue weighted by Crippen LogP contribution is 2.34. The fourth-order valence-electron chi connectivity index (χ4n) is 3.58. The summed E-state index contributed by atoms with van der Waals surface area (Å²) in [7, 11) is 0. The van der Waals surface area contributed by atoms with Gasteiger partial charge in [0.15, 0.2) is 0 Å². The maximum Gasteiger partial charge on any atom is 0.323 e. The highest BCUT2D eigenvalue weighted by molar-refractivity contribution is 8.26. The summed E-state index contributed by atoms with van der Waals surface area (Å²) in [5.74, 6) is -0.508. The molecule has 0 aromatic carbocycles. The van der Waals surface area contributed by atoms with Crippen LogP contribution in [-0.2, 0) is 9.59 Å². The summed E-state index contributed by atoms with van der Waals surface area (Å²) in [6.07, 6.45) is 5.13. The molecular weight excluding hydrogens is 424 g/mol. The predicted octanol–water partition coefficient (Wildman–Crippen LogP) is 2.22. The van der Waals surface area contributed by atoms with E-state index in [4.69, 9.17) is 22.3 Å². The maximum atomic E-state index is 13.3. The minimum absolute atomic E-state index is 0.163. The van der Waals surface area contributed by atoms with E-state index < -0.39 is 18.4 Å². The van der Waals surface area contributed by atoms with Crippen LogP contribution >= 0.6 is 24.0 Å². The lowest BCUT2D eigenvalue weighted by Gasteiger charge is -2.32. The zero-order valence-corrected chi connectivity index (χ0v) is 17.9. The summed E-state index contributed by atoms with van der Waals surface area (Å²) >= 11 is 6.16. The molecule has 0 unspecified atom stereocenters. The number of rotatable bonds is 4. The first-order chi connectivity index (χ1) is 14.3. The standard InChI is InChI=1S/C20H20N4O4S2/c1-12-5-8-22(9-6-12)17-13(18(27)23-7-3-2-4-15(23)21-17)10-14-19(28)24(11-16(25)26)20(29)30-14/h2-4,7,10,12H,5-6,8-9,11H2,1H3,(H,25,26)/b14-10+. The van der Waals surface area contributed by atoms with Crippen LogP contribution in [0.15, 0.2) is 34.1 Å². The number of carbonyl (C=O) groups excluding carboxylic acids is 1. The van der Waals surface area contributed by atoms with Gasteiger partial charge in [-0.1, -0.05) is 37.0 Å². The van der Waals surface area contributed by atoms with Crippen LogP contribution in [0.2, 0.25) is 0 Å². The molecule has 2 aromatic heterocycles. The van der Waals surface area contributed by atoms with Crippen LogP contribution in [0.3, 0.4) is 0 Å². The van der Waals surface area contributed by atoms with Crippen molar-refractivity contribution in [3.63, 3.8) is 0 Å². The van der Waals surface area contributed by atoms with Crippen molar-refractivity contribution in [2.75, 3.05) is 24.5 Å². The van der Waals surface area contributed by atoms with Gasteiger partial charge in [0.1, 0.15) is 22.3 Å². The molecule has 1 amide bonds. The summed E-state index contributed by atoms with van der Waals surface area (Å²) in [6.45, 7) is 3.25. The zero-order valence-electron chi connectivity index (χ0n) is 16.3. The molecule has 4 heterocycles. The van der Waals surface area contributed by atoms with Crippen molar-refractivity contribution in [2.24, 2.45) is 5.92 Å². The van der Waals surface area contributed by atoms with Gasteiger partial charge in [-0.05, 0) is 37.0 Å². The fraction of sp³-hybridized carbons (Fsp3) is 0.350. The zero-order chi connectivity index (χ0) is 21.4. The summed E-state index contributed by atoms with van der Waals surface area (Å²) in [5.41, 5.74) is 0.563. The number of thioether (sulfide) groups is 1. The van der Waals surface area contributed by atoms with Crippen LogP contribution in [0.4, 0.5) is 5.82 Å². The fourth-order valence-corrected chi connectivity index (χ4v) is 4.82. The third-order valence-electron chi connectivity index (χ3n) is 5.27. The van der Waals surface area contributed by atoms with Crippen LogP contribution < -0.4 is 10.5 Å². The lowest BCUT2D eigenvalue weighted by Crippen LogP contribution is -2.36. The Kier molecular flexibility index (Phi) is 5.61. The summed E-state index contributed by atoms with van der Waals surface area (Å²) in [5, 5.41) is 9.03. The topological polar surface area (TPSA) is 95.2 Å². The lowest BCUT2D eigenvalue weighted by molar-refractivity contribution is -0.140. The molecule has 2 aromatic rings. The molecule has 4 rings (SSSR count). The average Bonchev–Trinajstić information content (AvgIpc) is 2.97. The summed E-state index contributed by atoms with van der Waals surface area (Å²) < 4.78 is 1.61. The van der Waals surface area contributed by atoms with Gasteiger partial charge in [0.05, 0.1) is 10.5 Å². The quantitative estimate of drug-likeness (QED) is 0.567. The molecule has 0 bridgehead atoms. The Balaban J connectivity index is 1.82. The molecule has 8 nitrogen and oxygen atoms in total. The number of carboxylic acids is 1. The van der Waals surface area contributed by atoms with Crippen LogP contribution in [0.1, 0.15) is 25.3 Å². The van der Waals surface area contributed by atoms with E-state index in [0.717, 1.165) is 42.6 Å². The van der Waals surface area contributed by atoms with Gasteiger partial charge in [-0.15, -0.1) is 0 Å². The molecule has 0 aliphatic carbocycles. The molecule has 0 atom stereocenters. The third-order valence-corrected chi connectivity index (χ3v) is 6.65. The molecule has 0 spiro atoms. The van der Waals surface area contributed by atoms with Crippen molar-refractivity contribution in [1.82, 2.24) is 14.3 Å². The van der Waals surface area contributed by atoms with Crippen LogP contribution in [0.25, 0.3) is 11.7 Å². The van der Waals surface area contributed by atoms with Gasteiger partial charge < -0.3 is 10.0 Å². The van der Waals surface area contributed by atoms with E-state index in [9.17, 15) is 14.4 Å². The van der Waals surface area contributed by atoms with Gasteiger partial charge in [-0.2, -0.15) is 0 Å². The van der Waals surface area contributed by atoms with Crippen LogP contribution in [0, 0.1) is 5.92 Å². The smallest absolute Gasteiger partial charge is 0.323 e. The van der Waals surface area contributed by atoms with Gasteiger partial charge in [0, 0.05) is 19.3 Å². The number of aromatic nitrogens is 2. The monoisotopic (exact) mass is 444 g/mol. The Morgan fingerprint density at radius 1 is 1.33 bits per heavy atom. The van der Waals surface area contributed by atoms with E-state index in [1.165, 1.54) is 10.5 Å². The van der Waals surface area contributed by atoms with E-state index in [0.29, 0.717) is 22.9 Å². The van der Waals surface area contributed by atoms with Gasteiger partial charge >= 0.3 is 5.97 Å². The van der Waals surface area contributed by atoms with Crippen molar-refractivity contribution in [3.8, 4) is 0 Å². The molecule has 2 aliphatic heterocycles. The third kappa shape index (κ3) is 3.84. The minimum Gasteiger partial charge on any atom is -0.480 e. The number of pyridine rings is 1. The number of carbonyl (C=O) groups is 2. The first-order valence-corrected chi connectivity index (χ1v) is 10.8. The number of piperidine rings is 1. The highest BCUT2D eigenvalue weighted by Gasteiger charge is 2.34. The second-order valence-corrected chi connectivity index (χ2v) is 9.09. The number of aliphatic carboxylic acids is 1. The van der Waals surface area contributed by atoms with Crippen molar-refractivity contribution in [3.05, 3.63) is 45.2 Å². The number of amides is 1. The molecule has 0 radical (unpaired) electrons. The van der Waals surface area contributed by atoms with Gasteiger partial charge in [0.25, 0.3) is 11.5 Å². The Morgan fingerprint density at radius 3 is 2.77 bits per heavy atom. The van der Waals surface area contributed by atoms with Gasteiger partial charge in [-0.25, -0.2) is 4.98 Å². The van der Waals surface area contributed by atoms with E-state index >= 15 is 0 Å². The second-order valence-electron chi connectivity index (χ2n) is 7.41. The number of nitrogens with zero attached hydrogens (tertiary/aromatic N) is 4. The SMILES string of the molecule is CC1CCN(c2nc3ccccn3c(=O)c2/C=C2/SC(=S)N(CC(=O)O)C2=O)CC1. The molecule has 2 saturated heterocycles. The molecule has 30 heavy (non-hydrogen) atoms. The number of hydrogen-bond donors (Lipinski definition) is 1. The van der Waals surface area contributed by atoms with E-state index in [1.807, 2.05) is 6.07 Å². The Hall–Kier alpha value is -2.72. The van der Waals surface area contributed by atoms with Crippen molar-refractivity contribution in [1.29, 1.82) is 0 Å². The van der Waals surface area contributed by atoms with Crippen LogP contribution in [0.5, 0.6) is 0 Å². The molecule has 156 valence electrons. The number of carboxylic acid groups (broad SMARTS) is 1. The van der Waals surface area contributed by atoms with Crippen molar-refractivity contribution < 1.29 is 14.7 Å². The van der Waals surface area contributed by atoms with E-state index in [2.05, 4.69) is 11.8 Å². The number of fused-ring (bicyclic) bond motifs is 1.